The molecule has 2 fully saturated rings. The monoisotopic (exact) mass is 275 g/mol. The maximum absolute atomic E-state index is 12.6. The van der Waals surface area contributed by atoms with Gasteiger partial charge in [-0.05, 0) is 38.1 Å². The van der Waals surface area contributed by atoms with Crippen molar-refractivity contribution in [2.45, 2.75) is 38.5 Å². The normalized spacial score (nSPS) is 23.8. The molecule has 1 aliphatic heterocycles. The minimum absolute atomic E-state index is 0. The molecular weight excluding hydrogens is 250 g/mol. The van der Waals surface area contributed by atoms with Crippen LogP contribution in [0.4, 0.5) is 0 Å². The van der Waals surface area contributed by atoms with Crippen molar-refractivity contribution >= 4 is 18.3 Å². The summed E-state index contributed by atoms with van der Waals surface area (Å²) in [6, 6.07) is 0. The van der Waals surface area contributed by atoms with Crippen LogP contribution in [0.5, 0.6) is 0 Å². The molecule has 1 aliphatic carbocycles. The van der Waals surface area contributed by atoms with Crippen LogP contribution >= 0.6 is 12.4 Å². The van der Waals surface area contributed by atoms with Gasteiger partial charge in [-0.15, -0.1) is 12.4 Å². The minimum Gasteiger partial charge on any atom is -0.342 e. The van der Waals surface area contributed by atoms with Crippen molar-refractivity contribution < 1.29 is 4.79 Å². The van der Waals surface area contributed by atoms with Crippen LogP contribution in [0.25, 0.3) is 0 Å². The van der Waals surface area contributed by atoms with E-state index in [1.807, 2.05) is 4.90 Å². The van der Waals surface area contributed by atoms with E-state index >= 15 is 0 Å². The fourth-order valence-corrected chi connectivity index (χ4v) is 3.26. The standard InChI is InChI=1S/C13H25N3O.ClH/c14-9-11-3-7-16(8-4-11)12(17)13(10-15)5-1-2-6-13;/h11H,1-10,14-15H2;1H. The van der Waals surface area contributed by atoms with E-state index in [-0.39, 0.29) is 17.8 Å². The molecule has 4 nitrogen and oxygen atoms in total. The lowest BCUT2D eigenvalue weighted by Crippen LogP contribution is -2.49. The van der Waals surface area contributed by atoms with Crippen molar-refractivity contribution in [2.24, 2.45) is 22.8 Å². The summed E-state index contributed by atoms with van der Waals surface area (Å²) in [5.74, 6) is 0.921. The van der Waals surface area contributed by atoms with Gasteiger partial charge < -0.3 is 16.4 Å². The molecule has 5 heteroatoms. The molecule has 0 radical (unpaired) electrons. The third kappa shape index (κ3) is 2.98. The van der Waals surface area contributed by atoms with E-state index in [9.17, 15) is 4.79 Å². The smallest absolute Gasteiger partial charge is 0.230 e. The first-order valence-corrected chi connectivity index (χ1v) is 6.91. The van der Waals surface area contributed by atoms with Gasteiger partial charge in [0.1, 0.15) is 0 Å². The predicted molar refractivity (Wildman–Crippen MR) is 75.6 cm³/mol. The number of hydrogen-bond donors (Lipinski definition) is 2. The van der Waals surface area contributed by atoms with Gasteiger partial charge in [0.25, 0.3) is 0 Å². The van der Waals surface area contributed by atoms with Crippen molar-refractivity contribution in [3.05, 3.63) is 0 Å². The molecule has 0 aromatic carbocycles. The predicted octanol–water partition coefficient (Wildman–Crippen LogP) is 1.12. The molecule has 2 rings (SSSR count). The fourth-order valence-electron chi connectivity index (χ4n) is 3.26. The van der Waals surface area contributed by atoms with Crippen LogP contribution < -0.4 is 11.5 Å². The van der Waals surface area contributed by atoms with Gasteiger partial charge in [-0.1, -0.05) is 12.8 Å². The zero-order chi connectivity index (χ0) is 12.3. The molecule has 18 heavy (non-hydrogen) atoms. The molecule has 4 N–H and O–H groups in total. The number of amides is 1. The van der Waals surface area contributed by atoms with Gasteiger partial charge in [-0.2, -0.15) is 0 Å². The lowest BCUT2D eigenvalue weighted by Gasteiger charge is -2.37. The first-order chi connectivity index (χ1) is 8.22. The van der Waals surface area contributed by atoms with Crippen molar-refractivity contribution in [3.8, 4) is 0 Å². The minimum atomic E-state index is -0.227. The van der Waals surface area contributed by atoms with Crippen LogP contribution in [-0.4, -0.2) is 37.0 Å². The second-order valence-electron chi connectivity index (χ2n) is 5.66. The van der Waals surface area contributed by atoms with Crippen molar-refractivity contribution in [1.82, 2.24) is 4.90 Å². The molecule has 0 bridgehead atoms. The van der Waals surface area contributed by atoms with Crippen molar-refractivity contribution in [1.29, 1.82) is 0 Å². The largest absolute Gasteiger partial charge is 0.342 e. The van der Waals surface area contributed by atoms with Gasteiger partial charge in [0, 0.05) is 19.6 Å². The molecule has 0 aromatic rings. The molecule has 1 heterocycles. The number of carbonyl (C=O) groups excluding carboxylic acids is 1. The average Bonchev–Trinajstić information content (AvgIpc) is 2.88. The zero-order valence-electron chi connectivity index (χ0n) is 11.1. The summed E-state index contributed by atoms with van der Waals surface area (Å²) < 4.78 is 0. The number of nitrogens with two attached hydrogens (primary N) is 2. The molecule has 1 saturated carbocycles. The van der Waals surface area contributed by atoms with E-state index in [4.69, 9.17) is 11.5 Å². The van der Waals surface area contributed by atoms with Crippen molar-refractivity contribution in [3.63, 3.8) is 0 Å². The van der Waals surface area contributed by atoms with Gasteiger partial charge >= 0.3 is 0 Å². The van der Waals surface area contributed by atoms with Gasteiger partial charge in [-0.25, -0.2) is 0 Å². The maximum atomic E-state index is 12.6. The van der Waals surface area contributed by atoms with Crippen molar-refractivity contribution in [2.75, 3.05) is 26.2 Å². The summed E-state index contributed by atoms with van der Waals surface area (Å²) in [7, 11) is 0. The molecular formula is C13H26ClN3O. The second-order valence-corrected chi connectivity index (χ2v) is 5.66. The first-order valence-electron chi connectivity index (χ1n) is 6.91. The van der Waals surface area contributed by atoms with E-state index in [1.54, 1.807) is 0 Å². The molecule has 0 unspecified atom stereocenters. The van der Waals surface area contributed by atoms with Crippen LogP contribution in [0.2, 0.25) is 0 Å². The summed E-state index contributed by atoms with van der Waals surface area (Å²) >= 11 is 0. The van der Waals surface area contributed by atoms with E-state index in [1.165, 1.54) is 0 Å². The number of hydrogen-bond acceptors (Lipinski definition) is 3. The third-order valence-electron chi connectivity index (χ3n) is 4.64. The summed E-state index contributed by atoms with van der Waals surface area (Å²) in [6.45, 7) is 3.03. The Bertz CT molecular complexity index is 271. The Labute approximate surface area is 116 Å². The highest BCUT2D eigenvalue weighted by molar-refractivity contribution is 5.85. The maximum Gasteiger partial charge on any atom is 0.230 e. The topological polar surface area (TPSA) is 72.3 Å². The number of carbonyl (C=O) groups is 1. The van der Waals surface area contributed by atoms with Crippen LogP contribution in [0.1, 0.15) is 38.5 Å². The quantitative estimate of drug-likeness (QED) is 0.811. The Morgan fingerprint density at radius 1 is 1.17 bits per heavy atom. The van der Waals surface area contributed by atoms with Gasteiger partial charge in [-0.3, -0.25) is 4.79 Å². The average molecular weight is 276 g/mol. The number of likely N-dealkylation sites (tertiary alicyclic amines) is 1. The van der Waals surface area contributed by atoms with E-state index in [2.05, 4.69) is 0 Å². The Kier molecular flexibility index (Phi) is 5.89. The second kappa shape index (κ2) is 6.73. The number of halogens is 1. The summed E-state index contributed by atoms with van der Waals surface area (Å²) in [4.78, 5) is 14.6. The van der Waals surface area contributed by atoms with Gasteiger partial charge in [0.2, 0.25) is 5.91 Å². The van der Waals surface area contributed by atoms with E-state index in [0.29, 0.717) is 18.4 Å². The van der Waals surface area contributed by atoms with Crippen LogP contribution in [0.3, 0.4) is 0 Å². The molecule has 0 atom stereocenters. The van der Waals surface area contributed by atoms with E-state index < -0.39 is 0 Å². The highest BCUT2D eigenvalue weighted by Gasteiger charge is 2.42. The Hall–Kier alpha value is -0.320. The first kappa shape index (κ1) is 15.7. The zero-order valence-corrected chi connectivity index (χ0v) is 11.9. The lowest BCUT2D eigenvalue weighted by atomic mass is 9.83. The Morgan fingerprint density at radius 3 is 2.17 bits per heavy atom. The van der Waals surface area contributed by atoms with Gasteiger partial charge in [0.05, 0.1) is 5.41 Å². The molecule has 1 amide bonds. The summed E-state index contributed by atoms with van der Waals surface area (Å²) in [5, 5.41) is 0. The third-order valence-corrected chi connectivity index (χ3v) is 4.64. The Morgan fingerprint density at radius 2 is 1.72 bits per heavy atom. The molecule has 2 aliphatic rings. The Balaban J connectivity index is 0.00000162. The molecule has 0 spiro atoms. The van der Waals surface area contributed by atoms with Crippen LogP contribution in [0, 0.1) is 11.3 Å². The number of nitrogens with zero attached hydrogens (tertiary/aromatic N) is 1. The highest BCUT2D eigenvalue weighted by atomic mass is 35.5. The molecule has 0 aromatic heterocycles. The van der Waals surface area contributed by atoms with Crippen LogP contribution in [-0.2, 0) is 4.79 Å². The summed E-state index contributed by atoms with van der Waals surface area (Å²) in [5.41, 5.74) is 11.3. The number of rotatable bonds is 3. The highest BCUT2D eigenvalue weighted by Crippen LogP contribution is 2.39. The molecule has 106 valence electrons. The lowest BCUT2D eigenvalue weighted by molar-refractivity contribution is -0.142. The van der Waals surface area contributed by atoms with E-state index in [0.717, 1.165) is 58.2 Å². The van der Waals surface area contributed by atoms with Crippen LogP contribution in [0.15, 0.2) is 0 Å². The number of piperidine rings is 1. The summed E-state index contributed by atoms with van der Waals surface area (Å²) in [6.07, 6.45) is 6.40. The fraction of sp³-hybridized carbons (Fsp3) is 0.923. The SMILES string of the molecule is Cl.NCC1CCN(C(=O)C2(CN)CCCC2)CC1. The van der Waals surface area contributed by atoms with Gasteiger partial charge in [0.15, 0.2) is 0 Å². The molecule has 1 saturated heterocycles.